The lowest BCUT2D eigenvalue weighted by Crippen LogP contribution is -2.50. The molecule has 2 heterocycles. The van der Waals surface area contributed by atoms with Gasteiger partial charge in [-0.1, -0.05) is 29.8 Å². The Hall–Kier alpha value is -2.88. The maximum absolute atomic E-state index is 13.0. The molecule has 10 heteroatoms. The van der Waals surface area contributed by atoms with Gasteiger partial charge in [0.25, 0.3) is 5.91 Å². The molecule has 2 aromatic carbocycles. The second-order valence-corrected chi connectivity index (χ2v) is 9.42. The minimum atomic E-state index is -3.77. The van der Waals surface area contributed by atoms with E-state index in [1.165, 1.54) is 28.6 Å². The molecule has 31 heavy (non-hydrogen) atoms. The number of carbonyl (C=O) groups is 2. The van der Waals surface area contributed by atoms with E-state index in [9.17, 15) is 18.0 Å². The van der Waals surface area contributed by atoms with Gasteiger partial charge in [-0.3, -0.25) is 9.59 Å². The van der Waals surface area contributed by atoms with E-state index in [1.807, 2.05) is 18.2 Å². The van der Waals surface area contributed by atoms with Crippen LogP contribution in [0.4, 0.5) is 5.69 Å². The standard InChI is InChI=1S/C21H20ClN3O5S/c22-17-4-2-1-3-15(17)5-8-21(27)24-9-11-25(12-10-24)31(28,29)16-6-7-19-18(13-16)23-20(26)14-30-19/h1-8,13H,9-12,14H2,(H,23,26)/b8-5+. The number of hydrogen-bond acceptors (Lipinski definition) is 5. The highest BCUT2D eigenvalue weighted by Gasteiger charge is 2.30. The summed E-state index contributed by atoms with van der Waals surface area (Å²) in [5, 5.41) is 3.16. The van der Waals surface area contributed by atoms with Crippen LogP contribution in [0.1, 0.15) is 5.56 Å². The summed E-state index contributed by atoms with van der Waals surface area (Å²) in [5.74, 6) is -0.107. The number of carbonyl (C=O) groups excluding carboxylic acids is 2. The van der Waals surface area contributed by atoms with Gasteiger partial charge < -0.3 is 15.0 Å². The summed E-state index contributed by atoms with van der Waals surface area (Å²) in [6.07, 6.45) is 3.09. The molecule has 2 aliphatic rings. The van der Waals surface area contributed by atoms with Crippen LogP contribution < -0.4 is 10.1 Å². The molecule has 8 nitrogen and oxygen atoms in total. The van der Waals surface area contributed by atoms with Crippen LogP contribution >= 0.6 is 11.6 Å². The van der Waals surface area contributed by atoms with Crippen molar-refractivity contribution in [1.82, 2.24) is 9.21 Å². The number of hydrogen-bond donors (Lipinski definition) is 1. The van der Waals surface area contributed by atoms with Gasteiger partial charge in [-0.15, -0.1) is 0 Å². The van der Waals surface area contributed by atoms with Crippen molar-refractivity contribution < 1.29 is 22.7 Å². The van der Waals surface area contributed by atoms with Gasteiger partial charge in [-0.05, 0) is 35.9 Å². The number of sulfonamides is 1. The first kappa shape index (κ1) is 21.4. The molecule has 1 fully saturated rings. The Morgan fingerprint density at radius 2 is 1.84 bits per heavy atom. The van der Waals surface area contributed by atoms with E-state index in [0.29, 0.717) is 16.5 Å². The fourth-order valence-corrected chi connectivity index (χ4v) is 5.05. The zero-order valence-electron chi connectivity index (χ0n) is 16.5. The van der Waals surface area contributed by atoms with E-state index in [-0.39, 0.29) is 49.5 Å². The number of rotatable bonds is 4. The van der Waals surface area contributed by atoms with Gasteiger partial charge in [0, 0.05) is 37.3 Å². The third-order valence-electron chi connectivity index (χ3n) is 5.08. The molecule has 0 aliphatic carbocycles. The fourth-order valence-electron chi connectivity index (χ4n) is 3.40. The SMILES string of the molecule is O=C1COc2ccc(S(=O)(=O)N3CCN(C(=O)/C=C/c4ccccc4Cl)CC3)cc2N1. The molecule has 1 saturated heterocycles. The van der Waals surface area contributed by atoms with Crippen LogP contribution in [0.3, 0.4) is 0 Å². The van der Waals surface area contributed by atoms with Crippen LogP contribution in [0.5, 0.6) is 5.75 Å². The second kappa shape index (κ2) is 8.70. The molecule has 4 rings (SSSR count). The van der Waals surface area contributed by atoms with Gasteiger partial charge in [0.1, 0.15) is 5.75 Å². The number of amides is 2. The lowest BCUT2D eigenvalue weighted by molar-refractivity contribution is -0.127. The van der Waals surface area contributed by atoms with Crippen molar-refractivity contribution in [2.24, 2.45) is 0 Å². The largest absolute Gasteiger partial charge is 0.482 e. The molecule has 0 spiro atoms. The molecule has 2 amide bonds. The number of fused-ring (bicyclic) bond motifs is 1. The Kier molecular flexibility index (Phi) is 5.99. The van der Waals surface area contributed by atoms with E-state index < -0.39 is 10.0 Å². The maximum atomic E-state index is 13.0. The highest BCUT2D eigenvalue weighted by Crippen LogP contribution is 2.31. The van der Waals surface area contributed by atoms with E-state index in [0.717, 1.165) is 5.56 Å². The summed E-state index contributed by atoms with van der Waals surface area (Å²) in [6, 6.07) is 11.6. The Balaban J connectivity index is 1.41. The van der Waals surface area contributed by atoms with Crippen LogP contribution in [0, 0.1) is 0 Å². The summed E-state index contributed by atoms with van der Waals surface area (Å²) in [7, 11) is -3.77. The molecular formula is C21H20ClN3O5S. The van der Waals surface area contributed by atoms with E-state index in [1.54, 1.807) is 17.0 Å². The Bertz CT molecular complexity index is 1160. The minimum Gasteiger partial charge on any atom is -0.482 e. The van der Waals surface area contributed by atoms with Gasteiger partial charge in [0.15, 0.2) is 6.61 Å². The topological polar surface area (TPSA) is 96.0 Å². The zero-order chi connectivity index (χ0) is 22.0. The van der Waals surface area contributed by atoms with Gasteiger partial charge in [-0.25, -0.2) is 8.42 Å². The zero-order valence-corrected chi connectivity index (χ0v) is 18.0. The summed E-state index contributed by atoms with van der Waals surface area (Å²) in [4.78, 5) is 25.6. The predicted molar refractivity (Wildman–Crippen MR) is 116 cm³/mol. The van der Waals surface area contributed by atoms with E-state index in [4.69, 9.17) is 16.3 Å². The first-order valence-electron chi connectivity index (χ1n) is 9.63. The molecular weight excluding hydrogens is 442 g/mol. The van der Waals surface area contributed by atoms with E-state index in [2.05, 4.69) is 5.32 Å². The smallest absolute Gasteiger partial charge is 0.262 e. The molecule has 0 bridgehead atoms. The van der Waals surface area contributed by atoms with Crippen LogP contribution in [0.2, 0.25) is 5.02 Å². The quantitative estimate of drug-likeness (QED) is 0.704. The number of nitrogens with zero attached hydrogens (tertiary/aromatic N) is 2. The average Bonchev–Trinajstić information content (AvgIpc) is 2.78. The molecule has 0 saturated carbocycles. The highest BCUT2D eigenvalue weighted by molar-refractivity contribution is 7.89. The molecule has 162 valence electrons. The number of ether oxygens (including phenoxy) is 1. The van der Waals surface area contributed by atoms with Gasteiger partial charge in [-0.2, -0.15) is 4.31 Å². The van der Waals surface area contributed by atoms with Crippen molar-refractivity contribution in [3.05, 3.63) is 59.1 Å². The normalized spacial score (nSPS) is 17.2. The predicted octanol–water partition coefficient (Wildman–Crippen LogP) is 2.22. The van der Waals surface area contributed by atoms with Crippen molar-refractivity contribution in [3.63, 3.8) is 0 Å². The van der Waals surface area contributed by atoms with Crippen molar-refractivity contribution >= 4 is 45.2 Å². The summed E-state index contributed by atoms with van der Waals surface area (Å²) >= 11 is 6.09. The number of anilines is 1. The first-order valence-corrected chi connectivity index (χ1v) is 11.4. The third kappa shape index (κ3) is 4.58. The fraction of sp³-hybridized carbons (Fsp3) is 0.238. The second-order valence-electron chi connectivity index (χ2n) is 7.08. The van der Waals surface area contributed by atoms with Crippen molar-refractivity contribution in [2.45, 2.75) is 4.90 Å². The average molecular weight is 462 g/mol. The Labute approximate surface area is 185 Å². The molecule has 2 aromatic rings. The summed E-state index contributed by atoms with van der Waals surface area (Å²) in [5.41, 5.74) is 1.07. The summed E-state index contributed by atoms with van der Waals surface area (Å²) < 4.78 is 32.6. The summed E-state index contributed by atoms with van der Waals surface area (Å²) in [6.45, 7) is 0.799. The van der Waals surface area contributed by atoms with Crippen LogP contribution in [0.15, 0.2) is 53.4 Å². The van der Waals surface area contributed by atoms with Crippen LogP contribution in [-0.4, -0.2) is 62.2 Å². The Morgan fingerprint density at radius 3 is 2.58 bits per heavy atom. The molecule has 0 radical (unpaired) electrons. The van der Waals surface area contributed by atoms with Gasteiger partial charge in [0.05, 0.1) is 10.6 Å². The number of halogens is 1. The number of benzene rings is 2. The van der Waals surface area contributed by atoms with Gasteiger partial charge in [0.2, 0.25) is 15.9 Å². The van der Waals surface area contributed by atoms with Crippen LogP contribution in [0.25, 0.3) is 6.08 Å². The third-order valence-corrected chi connectivity index (χ3v) is 7.32. The molecule has 2 aliphatic heterocycles. The maximum Gasteiger partial charge on any atom is 0.262 e. The number of piperazine rings is 1. The minimum absolute atomic E-state index is 0.0652. The van der Waals surface area contributed by atoms with Gasteiger partial charge >= 0.3 is 0 Å². The number of nitrogens with one attached hydrogen (secondary N) is 1. The lowest BCUT2D eigenvalue weighted by Gasteiger charge is -2.33. The molecule has 0 atom stereocenters. The van der Waals surface area contributed by atoms with Crippen molar-refractivity contribution in [1.29, 1.82) is 0 Å². The first-order chi connectivity index (χ1) is 14.8. The van der Waals surface area contributed by atoms with Crippen LogP contribution in [-0.2, 0) is 19.6 Å². The highest BCUT2D eigenvalue weighted by atomic mass is 35.5. The van der Waals surface area contributed by atoms with Crippen molar-refractivity contribution in [2.75, 3.05) is 38.1 Å². The lowest BCUT2D eigenvalue weighted by atomic mass is 10.2. The Morgan fingerprint density at radius 1 is 1.10 bits per heavy atom. The molecule has 0 unspecified atom stereocenters. The monoisotopic (exact) mass is 461 g/mol. The molecule has 0 aromatic heterocycles. The van der Waals surface area contributed by atoms with Crippen molar-refractivity contribution in [3.8, 4) is 5.75 Å². The molecule has 1 N–H and O–H groups in total. The van der Waals surface area contributed by atoms with E-state index >= 15 is 0 Å².